The Hall–Kier alpha value is -1.39. The minimum absolute atomic E-state index is 0.0670. The Morgan fingerprint density at radius 1 is 1.29 bits per heavy atom. The van der Waals surface area contributed by atoms with Crippen LogP contribution >= 0.6 is 0 Å². The number of carbonyl (C=O) groups is 1. The van der Waals surface area contributed by atoms with Crippen molar-refractivity contribution in [1.82, 2.24) is 0 Å². The second-order valence-corrected chi connectivity index (χ2v) is 2.83. The van der Waals surface area contributed by atoms with Gasteiger partial charge in [-0.3, -0.25) is 4.79 Å². The van der Waals surface area contributed by atoms with Crippen LogP contribution in [0.2, 0.25) is 0 Å². The number of benzene rings is 1. The van der Waals surface area contributed by atoms with E-state index in [-0.39, 0.29) is 11.8 Å². The maximum Gasteiger partial charge on any atom is 0.419 e. The molecule has 14 heavy (non-hydrogen) atoms. The van der Waals surface area contributed by atoms with Gasteiger partial charge in [0.25, 0.3) is 0 Å². The Morgan fingerprint density at radius 2 is 1.86 bits per heavy atom. The Kier molecular flexibility index (Phi) is 2.59. The summed E-state index contributed by atoms with van der Waals surface area (Å²) in [7, 11) is 0. The molecular formula is C9H6F4O. The van der Waals surface area contributed by atoms with Gasteiger partial charge in [0.05, 0.1) is 11.1 Å². The molecule has 1 aromatic rings. The maximum atomic E-state index is 13.0. The van der Waals surface area contributed by atoms with E-state index in [2.05, 4.69) is 0 Å². The number of halogens is 4. The van der Waals surface area contributed by atoms with E-state index in [0.29, 0.717) is 6.07 Å². The lowest BCUT2D eigenvalue weighted by atomic mass is 10.1. The molecule has 0 bridgehead atoms. The predicted octanol–water partition coefficient (Wildman–Crippen LogP) is 2.97. The number of aryl methyl sites for hydroxylation is 1. The molecule has 0 spiro atoms. The number of aldehydes is 1. The van der Waals surface area contributed by atoms with Crippen molar-refractivity contribution in [3.8, 4) is 0 Å². The van der Waals surface area contributed by atoms with Gasteiger partial charge in [-0.15, -0.1) is 0 Å². The first-order valence-electron chi connectivity index (χ1n) is 3.69. The quantitative estimate of drug-likeness (QED) is 0.510. The molecule has 1 rings (SSSR count). The third-order valence-electron chi connectivity index (χ3n) is 1.68. The first-order valence-corrected chi connectivity index (χ1v) is 3.69. The van der Waals surface area contributed by atoms with E-state index in [0.717, 1.165) is 6.07 Å². The SMILES string of the molecule is Cc1cc(C=O)c(F)c(C(F)(F)F)c1. The monoisotopic (exact) mass is 206 g/mol. The molecule has 0 amide bonds. The Balaban J connectivity index is 3.44. The van der Waals surface area contributed by atoms with Crippen LogP contribution < -0.4 is 0 Å². The Labute approximate surface area is 77.3 Å². The van der Waals surface area contributed by atoms with E-state index < -0.39 is 23.1 Å². The first-order chi connectivity index (χ1) is 6.36. The Morgan fingerprint density at radius 3 is 2.29 bits per heavy atom. The maximum absolute atomic E-state index is 13.0. The van der Waals surface area contributed by atoms with Crippen LogP contribution in [0.4, 0.5) is 17.6 Å². The fourth-order valence-corrected chi connectivity index (χ4v) is 1.09. The minimum atomic E-state index is -4.77. The van der Waals surface area contributed by atoms with Gasteiger partial charge in [-0.25, -0.2) is 4.39 Å². The van der Waals surface area contributed by atoms with Crippen LogP contribution in [0.15, 0.2) is 12.1 Å². The molecule has 0 N–H and O–H groups in total. The van der Waals surface area contributed by atoms with Crippen molar-refractivity contribution in [2.24, 2.45) is 0 Å². The number of rotatable bonds is 1. The summed E-state index contributed by atoms with van der Waals surface area (Å²) >= 11 is 0. The van der Waals surface area contributed by atoms with Crippen LogP contribution in [0.25, 0.3) is 0 Å². The van der Waals surface area contributed by atoms with Gasteiger partial charge in [0.15, 0.2) is 6.29 Å². The third-order valence-corrected chi connectivity index (χ3v) is 1.68. The zero-order chi connectivity index (χ0) is 10.9. The second kappa shape index (κ2) is 3.40. The molecule has 0 unspecified atom stereocenters. The highest BCUT2D eigenvalue weighted by Crippen LogP contribution is 2.32. The second-order valence-electron chi connectivity index (χ2n) is 2.83. The van der Waals surface area contributed by atoms with E-state index >= 15 is 0 Å². The van der Waals surface area contributed by atoms with Crippen molar-refractivity contribution in [1.29, 1.82) is 0 Å². The standard InChI is InChI=1S/C9H6F4O/c1-5-2-6(4-14)8(10)7(3-5)9(11,12)13/h2-4H,1H3. The number of carbonyl (C=O) groups excluding carboxylic acids is 1. The highest BCUT2D eigenvalue weighted by atomic mass is 19.4. The molecule has 1 aromatic carbocycles. The lowest BCUT2D eigenvalue weighted by Crippen LogP contribution is -2.10. The largest absolute Gasteiger partial charge is 0.419 e. The molecule has 0 saturated heterocycles. The molecule has 0 saturated carbocycles. The molecule has 76 valence electrons. The summed E-state index contributed by atoms with van der Waals surface area (Å²) in [4.78, 5) is 10.3. The highest BCUT2D eigenvalue weighted by molar-refractivity contribution is 5.76. The summed E-state index contributed by atoms with van der Waals surface area (Å²) in [5.41, 5.74) is -1.78. The smallest absolute Gasteiger partial charge is 0.298 e. The summed E-state index contributed by atoms with van der Waals surface area (Å²) in [5.74, 6) is -1.52. The molecule has 1 nitrogen and oxygen atoms in total. The zero-order valence-electron chi connectivity index (χ0n) is 7.15. The number of hydrogen-bond donors (Lipinski definition) is 0. The van der Waals surface area contributed by atoms with E-state index in [4.69, 9.17) is 0 Å². The summed E-state index contributed by atoms with van der Waals surface area (Å²) < 4.78 is 49.6. The number of alkyl halides is 3. The average molecular weight is 206 g/mol. The molecular weight excluding hydrogens is 200 g/mol. The fourth-order valence-electron chi connectivity index (χ4n) is 1.09. The van der Waals surface area contributed by atoms with E-state index in [1.54, 1.807) is 0 Å². The van der Waals surface area contributed by atoms with Crippen molar-refractivity contribution >= 4 is 6.29 Å². The average Bonchev–Trinajstić information content (AvgIpc) is 2.06. The van der Waals surface area contributed by atoms with Crippen molar-refractivity contribution in [2.75, 3.05) is 0 Å². The highest BCUT2D eigenvalue weighted by Gasteiger charge is 2.35. The van der Waals surface area contributed by atoms with Gasteiger partial charge in [-0.05, 0) is 24.6 Å². The van der Waals surface area contributed by atoms with Gasteiger partial charge in [0, 0.05) is 0 Å². The van der Waals surface area contributed by atoms with Gasteiger partial charge < -0.3 is 0 Å². The molecule has 0 heterocycles. The lowest BCUT2D eigenvalue weighted by molar-refractivity contribution is -0.140. The predicted molar refractivity (Wildman–Crippen MR) is 41.5 cm³/mol. The van der Waals surface area contributed by atoms with Gasteiger partial charge in [-0.1, -0.05) is 0 Å². The molecule has 0 fully saturated rings. The van der Waals surface area contributed by atoms with Gasteiger partial charge >= 0.3 is 6.18 Å². The van der Waals surface area contributed by atoms with Crippen LogP contribution in [0.1, 0.15) is 21.5 Å². The van der Waals surface area contributed by atoms with Gasteiger partial charge in [-0.2, -0.15) is 13.2 Å². The van der Waals surface area contributed by atoms with Crippen LogP contribution in [0.3, 0.4) is 0 Å². The fraction of sp³-hybridized carbons (Fsp3) is 0.222. The third kappa shape index (κ3) is 1.92. The van der Waals surface area contributed by atoms with Crippen molar-refractivity contribution < 1.29 is 22.4 Å². The molecule has 0 radical (unpaired) electrons. The van der Waals surface area contributed by atoms with Crippen molar-refractivity contribution in [3.63, 3.8) is 0 Å². The van der Waals surface area contributed by atoms with Crippen molar-refractivity contribution in [2.45, 2.75) is 13.1 Å². The molecule has 0 atom stereocenters. The Bertz CT molecular complexity index is 368. The molecule has 0 aromatic heterocycles. The molecule has 0 aliphatic heterocycles. The van der Waals surface area contributed by atoms with Crippen LogP contribution in [-0.2, 0) is 6.18 Å². The zero-order valence-corrected chi connectivity index (χ0v) is 7.15. The molecule has 0 aliphatic carbocycles. The van der Waals surface area contributed by atoms with E-state index in [9.17, 15) is 22.4 Å². The summed E-state index contributed by atoms with van der Waals surface area (Å²) in [6.45, 7) is 1.36. The molecule has 0 aliphatic rings. The van der Waals surface area contributed by atoms with Crippen LogP contribution in [0, 0.1) is 12.7 Å². The van der Waals surface area contributed by atoms with Crippen LogP contribution in [0.5, 0.6) is 0 Å². The topological polar surface area (TPSA) is 17.1 Å². The van der Waals surface area contributed by atoms with E-state index in [1.165, 1.54) is 6.92 Å². The summed E-state index contributed by atoms with van der Waals surface area (Å²) in [6, 6.07) is 1.74. The number of hydrogen-bond acceptors (Lipinski definition) is 1. The van der Waals surface area contributed by atoms with Gasteiger partial charge in [0.1, 0.15) is 5.82 Å². The van der Waals surface area contributed by atoms with Crippen molar-refractivity contribution in [3.05, 3.63) is 34.6 Å². The summed E-state index contributed by atoms with van der Waals surface area (Å²) in [5, 5.41) is 0. The normalized spacial score (nSPS) is 11.5. The van der Waals surface area contributed by atoms with Gasteiger partial charge in [0.2, 0.25) is 0 Å². The first kappa shape index (κ1) is 10.7. The lowest BCUT2D eigenvalue weighted by Gasteiger charge is -2.09. The minimum Gasteiger partial charge on any atom is -0.298 e. The van der Waals surface area contributed by atoms with Crippen LogP contribution in [-0.4, -0.2) is 6.29 Å². The summed E-state index contributed by atoms with van der Waals surface area (Å²) in [6.07, 6.45) is -4.70. The van der Waals surface area contributed by atoms with E-state index in [1.807, 2.05) is 0 Å². The molecule has 5 heteroatoms.